The number of carbonyl (C=O) groups excluding carboxylic acids is 3. The molecule has 3 amide bonds. The molecule has 35 heavy (non-hydrogen) atoms. The van der Waals surface area contributed by atoms with Crippen molar-refractivity contribution in [3.05, 3.63) is 52.9 Å². The second-order valence-electron chi connectivity index (χ2n) is 9.34. The summed E-state index contributed by atoms with van der Waals surface area (Å²) in [4.78, 5) is 47.8. The fourth-order valence-electron chi connectivity index (χ4n) is 4.78. The predicted octanol–water partition coefficient (Wildman–Crippen LogP) is 3.12. The predicted molar refractivity (Wildman–Crippen MR) is 134 cm³/mol. The lowest BCUT2D eigenvalue weighted by Crippen LogP contribution is -2.55. The number of aryl methyl sites for hydroxylation is 1. The van der Waals surface area contributed by atoms with Crippen molar-refractivity contribution in [2.45, 2.75) is 52.2 Å². The quantitative estimate of drug-likeness (QED) is 0.606. The number of amides is 3. The number of hydrogen-bond donors (Lipinski definition) is 1. The Morgan fingerprint density at radius 3 is 2.60 bits per heavy atom. The van der Waals surface area contributed by atoms with E-state index < -0.39 is 12.1 Å². The molecule has 0 spiro atoms. The van der Waals surface area contributed by atoms with Crippen molar-refractivity contribution >= 4 is 29.1 Å². The number of methoxy groups -OCH3 is 1. The van der Waals surface area contributed by atoms with E-state index in [2.05, 4.69) is 10.3 Å². The molecule has 1 unspecified atom stereocenters. The van der Waals surface area contributed by atoms with Crippen LogP contribution < -0.4 is 5.32 Å². The first-order chi connectivity index (χ1) is 16.8. The van der Waals surface area contributed by atoms with Crippen molar-refractivity contribution in [3.63, 3.8) is 0 Å². The molecule has 1 saturated heterocycles. The third-order valence-electron chi connectivity index (χ3n) is 6.64. The lowest BCUT2D eigenvalue weighted by Gasteiger charge is -2.35. The maximum Gasteiger partial charge on any atom is 0.251 e. The molecule has 0 bridgehead atoms. The number of ether oxygens (including phenoxy) is 1. The Hall–Kier alpha value is -3.20. The number of thiazole rings is 1. The van der Waals surface area contributed by atoms with Crippen LogP contribution in [0.25, 0.3) is 10.4 Å². The highest BCUT2D eigenvalue weighted by atomic mass is 32.1. The van der Waals surface area contributed by atoms with Gasteiger partial charge >= 0.3 is 0 Å². The van der Waals surface area contributed by atoms with Crippen LogP contribution >= 0.6 is 11.3 Å². The van der Waals surface area contributed by atoms with Gasteiger partial charge in [-0.15, -0.1) is 11.3 Å². The standard InChI is InChI=1S/C26H32N4O4S/c1-16(2)23(30-14-20(34-4)12-22(30)31)26(33)29-11-5-6-21(29)25(32)27-13-18-7-9-19(10-8-18)24-17(3)28-15-35-24/h7-10,12,15-16,21,23H,5-6,11,13-14H2,1-4H3,(H,27,32)/t21-,23?/m0/s1. The van der Waals surface area contributed by atoms with Crippen LogP contribution in [0.3, 0.4) is 0 Å². The zero-order chi connectivity index (χ0) is 25.1. The summed E-state index contributed by atoms with van der Waals surface area (Å²) >= 11 is 1.61. The second kappa shape index (κ2) is 10.6. The summed E-state index contributed by atoms with van der Waals surface area (Å²) in [6.07, 6.45) is 2.80. The Morgan fingerprint density at radius 2 is 2.00 bits per heavy atom. The molecule has 4 rings (SSSR count). The van der Waals surface area contributed by atoms with Crippen LogP contribution in [0.4, 0.5) is 0 Å². The number of likely N-dealkylation sites (tertiary alicyclic amines) is 1. The van der Waals surface area contributed by atoms with E-state index in [1.807, 2.05) is 50.5 Å². The Morgan fingerprint density at radius 1 is 1.26 bits per heavy atom. The lowest BCUT2D eigenvalue weighted by atomic mass is 10.0. The average molecular weight is 497 g/mol. The van der Waals surface area contributed by atoms with Gasteiger partial charge in [-0.25, -0.2) is 4.98 Å². The molecule has 2 aliphatic heterocycles. The molecule has 8 nitrogen and oxygen atoms in total. The van der Waals surface area contributed by atoms with Gasteiger partial charge in [0.15, 0.2) is 0 Å². The third kappa shape index (κ3) is 5.24. The maximum atomic E-state index is 13.6. The fraction of sp³-hybridized carbons (Fsp3) is 0.462. The molecule has 1 N–H and O–H groups in total. The Kier molecular flexibility index (Phi) is 7.54. The minimum absolute atomic E-state index is 0.0962. The molecule has 3 heterocycles. The van der Waals surface area contributed by atoms with E-state index in [9.17, 15) is 14.4 Å². The zero-order valence-corrected chi connectivity index (χ0v) is 21.4. The van der Waals surface area contributed by atoms with E-state index in [-0.39, 0.29) is 30.2 Å². The normalized spacial score (nSPS) is 18.7. The van der Waals surface area contributed by atoms with Gasteiger partial charge in [0.1, 0.15) is 17.8 Å². The molecular formula is C26H32N4O4S. The highest BCUT2D eigenvalue weighted by molar-refractivity contribution is 7.13. The molecule has 2 aromatic rings. The first kappa shape index (κ1) is 24.9. The minimum atomic E-state index is -0.637. The summed E-state index contributed by atoms with van der Waals surface area (Å²) in [5.74, 6) is -0.127. The van der Waals surface area contributed by atoms with E-state index in [1.54, 1.807) is 21.1 Å². The van der Waals surface area contributed by atoms with Gasteiger partial charge in [-0.2, -0.15) is 0 Å². The summed E-state index contributed by atoms with van der Waals surface area (Å²) in [6.45, 7) is 7.00. The summed E-state index contributed by atoms with van der Waals surface area (Å²) in [5.41, 5.74) is 4.94. The molecule has 1 fully saturated rings. The first-order valence-electron chi connectivity index (χ1n) is 11.9. The Bertz CT molecular complexity index is 1120. The van der Waals surface area contributed by atoms with Gasteiger partial charge in [-0.05, 0) is 36.8 Å². The van der Waals surface area contributed by atoms with Gasteiger partial charge in [-0.1, -0.05) is 38.1 Å². The Balaban J connectivity index is 1.39. The van der Waals surface area contributed by atoms with E-state index in [1.165, 1.54) is 13.2 Å². The van der Waals surface area contributed by atoms with E-state index in [0.29, 0.717) is 25.3 Å². The molecule has 0 aliphatic carbocycles. The van der Waals surface area contributed by atoms with Crippen LogP contribution in [-0.2, 0) is 25.7 Å². The molecule has 2 aliphatic rings. The number of nitrogens with zero attached hydrogens (tertiary/aromatic N) is 3. The van der Waals surface area contributed by atoms with Crippen molar-refractivity contribution in [1.82, 2.24) is 20.1 Å². The van der Waals surface area contributed by atoms with Gasteiger partial charge < -0.3 is 19.9 Å². The van der Waals surface area contributed by atoms with Gasteiger partial charge in [0.2, 0.25) is 11.8 Å². The van der Waals surface area contributed by atoms with Crippen LogP contribution in [0.5, 0.6) is 0 Å². The summed E-state index contributed by atoms with van der Waals surface area (Å²) in [6, 6.07) is 6.91. The number of hydrogen-bond acceptors (Lipinski definition) is 6. The van der Waals surface area contributed by atoms with Gasteiger partial charge in [-0.3, -0.25) is 14.4 Å². The van der Waals surface area contributed by atoms with Crippen LogP contribution in [0.1, 0.15) is 37.9 Å². The van der Waals surface area contributed by atoms with Crippen molar-refractivity contribution in [2.24, 2.45) is 5.92 Å². The van der Waals surface area contributed by atoms with Crippen LogP contribution in [0.15, 0.2) is 41.6 Å². The van der Waals surface area contributed by atoms with E-state index in [4.69, 9.17) is 4.74 Å². The second-order valence-corrected chi connectivity index (χ2v) is 10.2. The van der Waals surface area contributed by atoms with Gasteiger partial charge in [0, 0.05) is 19.2 Å². The molecule has 2 atom stereocenters. The smallest absolute Gasteiger partial charge is 0.251 e. The molecule has 0 saturated carbocycles. The number of aromatic nitrogens is 1. The topological polar surface area (TPSA) is 91.8 Å². The molecule has 186 valence electrons. The van der Waals surface area contributed by atoms with Crippen LogP contribution in [0, 0.1) is 12.8 Å². The summed E-state index contributed by atoms with van der Waals surface area (Å²) in [7, 11) is 1.52. The van der Waals surface area contributed by atoms with Crippen molar-refractivity contribution in [2.75, 3.05) is 20.2 Å². The fourth-order valence-corrected chi connectivity index (χ4v) is 5.59. The largest absolute Gasteiger partial charge is 0.499 e. The van der Waals surface area contributed by atoms with Gasteiger partial charge in [0.05, 0.1) is 29.7 Å². The number of benzene rings is 1. The number of carbonyl (C=O) groups is 3. The average Bonchev–Trinajstić information content (AvgIpc) is 3.58. The molecule has 1 aromatic heterocycles. The highest BCUT2D eigenvalue weighted by Gasteiger charge is 2.42. The van der Waals surface area contributed by atoms with Crippen molar-refractivity contribution < 1.29 is 19.1 Å². The molecule has 1 aromatic carbocycles. The maximum absolute atomic E-state index is 13.6. The molecular weight excluding hydrogens is 464 g/mol. The first-order valence-corrected chi connectivity index (χ1v) is 12.8. The molecule has 9 heteroatoms. The minimum Gasteiger partial charge on any atom is -0.499 e. The lowest BCUT2D eigenvalue weighted by molar-refractivity contribution is -0.147. The van der Waals surface area contributed by atoms with Crippen LogP contribution in [-0.4, -0.2) is 64.8 Å². The van der Waals surface area contributed by atoms with Crippen molar-refractivity contribution in [3.8, 4) is 10.4 Å². The summed E-state index contributed by atoms with van der Waals surface area (Å²) < 4.78 is 5.22. The van der Waals surface area contributed by atoms with Gasteiger partial charge in [0.25, 0.3) is 5.91 Å². The molecule has 0 radical (unpaired) electrons. The number of nitrogens with one attached hydrogen (secondary N) is 1. The Labute approximate surface area is 210 Å². The van der Waals surface area contributed by atoms with Crippen LogP contribution in [0.2, 0.25) is 0 Å². The van der Waals surface area contributed by atoms with E-state index in [0.717, 1.165) is 28.1 Å². The summed E-state index contributed by atoms with van der Waals surface area (Å²) in [5, 5.41) is 3.00. The zero-order valence-electron chi connectivity index (χ0n) is 20.6. The highest BCUT2D eigenvalue weighted by Crippen LogP contribution is 2.28. The van der Waals surface area contributed by atoms with Crippen molar-refractivity contribution in [1.29, 1.82) is 0 Å². The third-order valence-corrected chi connectivity index (χ3v) is 7.62. The monoisotopic (exact) mass is 496 g/mol. The van der Waals surface area contributed by atoms with E-state index >= 15 is 0 Å². The number of rotatable bonds is 8. The SMILES string of the molecule is COC1=CC(=O)N(C(C(=O)N2CCC[C@H]2C(=O)NCc2ccc(-c3scnc3C)cc2)C(C)C)C1.